The Morgan fingerprint density at radius 3 is 2.50 bits per heavy atom. The number of carbonyl (C=O) groups excluding carboxylic acids is 1. The van der Waals surface area contributed by atoms with Crippen LogP contribution in [-0.2, 0) is 4.79 Å². The van der Waals surface area contributed by atoms with Crippen molar-refractivity contribution < 1.29 is 9.18 Å². The lowest BCUT2D eigenvalue weighted by Crippen LogP contribution is -2.48. The second-order valence-corrected chi connectivity index (χ2v) is 6.04. The van der Waals surface area contributed by atoms with Gasteiger partial charge in [-0.1, -0.05) is 24.3 Å². The fourth-order valence-corrected chi connectivity index (χ4v) is 2.89. The maximum Gasteiger partial charge on any atom is 0.246 e. The molecule has 1 amide bonds. The Labute approximate surface area is 142 Å². The first kappa shape index (κ1) is 16.2. The molecule has 1 fully saturated rings. The largest absolute Gasteiger partial charge is 0.368 e. The zero-order valence-electron chi connectivity index (χ0n) is 13.8. The molecule has 4 heteroatoms. The van der Waals surface area contributed by atoms with Crippen molar-refractivity contribution in [3.8, 4) is 0 Å². The van der Waals surface area contributed by atoms with Gasteiger partial charge in [-0.25, -0.2) is 4.39 Å². The highest BCUT2D eigenvalue weighted by molar-refractivity contribution is 5.92. The highest BCUT2D eigenvalue weighted by atomic mass is 19.1. The molecule has 1 saturated heterocycles. The molecular formula is C20H21FN2O. The number of benzene rings is 2. The molecule has 0 spiro atoms. The average Bonchev–Trinajstić information content (AvgIpc) is 2.60. The van der Waals surface area contributed by atoms with Crippen molar-refractivity contribution in [2.75, 3.05) is 31.1 Å². The van der Waals surface area contributed by atoms with E-state index < -0.39 is 0 Å². The second kappa shape index (κ2) is 7.30. The minimum absolute atomic E-state index is 0.0249. The van der Waals surface area contributed by atoms with Gasteiger partial charge in [0.05, 0.1) is 0 Å². The molecule has 2 aromatic rings. The van der Waals surface area contributed by atoms with Gasteiger partial charge in [0.1, 0.15) is 5.82 Å². The molecule has 0 bridgehead atoms. The van der Waals surface area contributed by atoms with Crippen molar-refractivity contribution in [2.24, 2.45) is 0 Å². The van der Waals surface area contributed by atoms with Crippen LogP contribution in [-0.4, -0.2) is 37.0 Å². The summed E-state index contributed by atoms with van der Waals surface area (Å²) >= 11 is 0. The molecule has 124 valence electrons. The van der Waals surface area contributed by atoms with E-state index in [9.17, 15) is 9.18 Å². The van der Waals surface area contributed by atoms with E-state index in [0.29, 0.717) is 18.7 Å². The van der Waals surface area contributed by atoms with Gasteiger partial charge in [-0.2, -0.15) is 0 Å². The van der Waals surface area contributed by atoms with Gasteiger partial charge in [0.15, 0.2) is 0 Å². The monoisotopic (exact) mass is 324 g/mol. The number of nitrogens with zero attached hydrogens (tertiary/aromatic N) is 2. The van der Waals surface area contributed by atoms with E-state index in [-0.39, 0.29) is 11.7 Å². The van der Waals surface area contributed by atoms with Crippen LogP contribution in [0, 0.1) is 12.7 Å². The highest BCUT2D eigenvalue weighted by Gasteiger charge is 2.19. The van der Waals surface area contributed by atoms with E-state index in [1.165, 1.54) is 29.5 Å². The first-order valence-electron chi connectivity index (χ1n) is 8.16. The molecule has 0 N–H and O–H groups in total. The van der Waals surface area contributed by atoms with Crippen LogP contribution in [0.2, 0.25) is 0 Å². The first-order chi connectivity index (χ1) is 11.6. The number of rotatable bonds is 3. The van der Waals surface area contributed by atoms with Crippen LogP contribution in [0.25, 0.3) is 6.08 Å². The van der Waals surface area contributed by atoms with Gasteiger partial charge in [0.2, 0.25) is 5.91 Å². The molecule has 0 atom stereocenters. The summed E-state index contributed by atoms with van der Waals surface area (Å²) in [6.07, 6.45) is 3.19. The van der Waals surface area contributed by atoms with Crippen molar-refractivity contribution in [3.05, 3.63) is 71.6 Å². The number of hydrogen-bond acceptors (Lipinski definition) is 2. The standard InChI is InChI=1S/C20H21FN2O/c1-16-4-2-7-19(14-16)22-10-12-23(13-11-22)20(24)9-8-17-5-3-6-18(21)15-17/h2-9,14-15H,10-13H2,1H3/b9-8+. The summed E-state index contributed by atoms with van der Waals surface area (Å²) in [6.45, 7) is 5.12. The van der Waals surface area contributed by atoms with E-state index in [1.807, 2.05) is 4.90 Å². The van der Waals surface area contributed by atoms with Gasteiger partial charge in [-0.3, -0.25) is 4.79 Å². The first-order valence-corrected chi connectivity index (χ1v) is 8.16. The van der Waals surface area contributed by atoms with Gasteiger partial charge in [0.25, 0.3) is 0 Å². The SMILES string of the molecule is Cc1cccc(N2CCN(C(=O)/C=C/c3cccc(F)c3)CC2)c1. The number of anilines is 1. The molecule has 3 nitrogen and oxygen atoms in total. The van der Waals surface area contributed by atoms with E-state index in [0.717, 1.165) is 13.1 Å². The highest BCUT2D eigenvalue weighted by Crippen LogP contribution is 2.18. The van der Waals surface area contributed by atoms with Crippen LogP contribution >= 0.6 is 0 Å². The van der Waals surface area contributed by atoms with Gasteiger partial charge in [-0.15, -0.1) is 0 Å². The lowest BCUT2D eigenvalue weighted by atomic mass is 10.2. The maximum atomic E-state index is 13.1. The van der Waals surface area contributed by atoms with Crippen molar-refractivity contribution in [3.63, 3.8) is 0 Å². The topological polar surface area (TPSA) is 23.6 Å². The summed E-state index contributed by atoms with van der Waals surface area (Å²) in [5.74, 6) is -0.320. The molecule has 24 heavy (non-hydrogen) atoms. The molecule has 0 radical (unpaired) electrons. The lowest BCUT2D eigenvalue weighted by molar-refractivity contribution is -0.126. The molecule has 0 aromatic heterocycles. The van der Waals surface area contributed by atoms with Crippen LogP contribution < -0.4 is 4.90 Å². The van der Waals surface area contributed by atoms with E-state index in [1.54, 1.807) is 18.2 Å². The summed E-state index contributed by atoms with van der Waals surface area (Å²) in [4.78, 5) is 16.4. The molecular weight excluding hydrogens is 303 g/mol. The number of aryl methyl sites for hydroxylation is 1. The third-order valence-corrected chi connectivity index (χ3v) is 4.23. The fraction of sp³-hybridized carbons (Fsp3) is 0.250. The summed E-state index contributed by atoms with van der Waals surface area (Å²) in [5.41, 5.74) is 3.14. The number of amides is 1. The van der Waals surface area contributed by atoms with Crippen LogP contribution in [0.5, 0.6) is 0 Å². The van der Waals surface area contributed by atoms with Crippen molar-refractivity contribution >= 4 is 17.7 Å². The third kappa shape index (κ3) is 4.02. The quantitative estimate of drug-likeness (QED) is 0.807. The molecule has 2 aromatic carbocycles. The van der Waals surface area contributed by atoms with E-state index in [2.05, 4.69) is 36.1 Å². The zero-order chi connectivity index (χ0) is 16.9. The molecule has 0 saturated carbocycles. The van der Waals surface area contributed by atoms with E-state index in [4.69, 9.17) is 0 Å². The summed E-state index contributed by atoms with van der Waals surface area (Å²) in [6, 6.07) is 14.6. The van der Waals surface area contributed by atoms with Gasteiger partial charge < -0.3 is 9.80 Å². The lowest BCUT2D eigenvalue weighted by Gasteiger charge is -2.35. The number of hydrogen-bond donors (Lipinski definition) is 0. The van der Waals surface area contributed by atoms with E-state index >= 15 is 0 Å². The minimum atomic E-state index is -0.295. The maximum absolute atomic E-state index is 13.1. The Morgan fingerprint density at radius 1 is 1.04 bits per heavy atom. The Hall–Kier alpha value is -2.62. The smallest absolute Gasteiger partial charge is 0.246 e. The summed E-state index contributed by atoms with van der Waals surface area (Å²) in [5, 5.41) is 0. The zero-order valence-corrected chi connectivity index (χ0v) is 13.8. The number of carbonyl (C=O) groups is 1. The predicted molar refractivity (Wildman–Crippen MR) is 95.4 cm³/mol. The van der Waals surface area contributed by atoms with Crippen LogP contribution in [0.1, 0.15) is 11.1 Å². The molecule has 1 aliphatic rings. The predicted octanol–water partition coefficient (Wildman–Crippen LogP) is 3.50. The Bertz CT molecular complexity index is 749. The van der Waals surface area contributed by atoms with Crippen LogP contribution in [0.15, 0.2) is 54.6 Å². The fourth-order valence-electron chi connectivity index (χ4n) is 2.89. The molecule has 1 aliphatic heterocycles. The number of piperazine rings is 1. The van der Waals surface area contributed by atoms with Gasteiger partial charge in [-0.05, 0) is 48.4 Å². The summed E-state index contributed by atoms with van der Waals surface area (Å²) < 4.78 is 13.1. The Kier molecular flexibility index (Phi) is 4.94. The molecule has 3 rings (SSSR count). The molecule has 1 heterocycles. The van der Waals surface area contributed by atoms with Crippen molar-refractivity contribution in [2.45, 2.75) is 6.92 Å². The number of halogens is 1. The molecule has 0 aliphatic carbocycles. The van der Waals surface area contributed by atoms with Crippen molar-refractivity contribution in [1.82, 2.24) is 4.90 Å². The van der Waals surface area contributed by atoms with Crippen LogP contribution in [0.4, 0.5) is 10.1 Å². The van der Waals surface area contributed by atoms with Gasteiger partial charge in [0, 0.05) is 37.9 Å². The van der Waals surface area contributed by atoms with Crippen molar-refractivity contribution in [1.29, 1.82) is 0 Å². The normalized spacial score (nSPS) is 15.1. The van der Waals surface area contributed by atoms with Gasteiger partial charge >= 0.3 is 0 Å². The second-order valence-electron chi connectivity index (χ2n) is 6.04. The Morgan fingerprint density at radius 2 is 1.79 bits per heavy atom. The van der Waals surface area contributed by atoms with Crippen LogP contribution in [0.3, 0.4) is 0 Å². The summed E-state index contributed by atoms with van der Waals surface area (Å²) in [7, 11) is 0. The Balaban J connectivity index is 1.57. The third-order valence-electron chi connectivity index (χ3n) is 4.23. The average molecular weight is 324 g/mol. The minimum Gasteiger partial charge on any atom is -0.368 e. The molecule has 0 unspecified atom stereocenters.